The van der Waals surface area contributed by atoms with Gasteiger partial charge in [-0.25, -0.2) is 4.79 Å². The molecule has 0 N–H and O–H groups in total. The summed E-state index contributed by atoms with van der Waals surface area (Å²) in [6.45, 7) is 1.80. The minimum atomic E-state index is -0.463. The zero-order valence-electron chi connectivity index (χ0n) is 10.1. The van der Waals surface area contributed by atoms with Crippen molar-refractivity contribution in [2.45, 2.75) is 6.92 Å². The van der Waals surface area contributed by atoms with Crippen LogP contribution in [0.4, 0.5) is 0 Å². The Morgan fingerprint density at radius 1 is 1.39 bits per heavy atom. The zero-order chi connectivity index (χ0) is 13.5. The van der Waals surface area contributed by atoms with Gasteiger partial charge in [-0.15, -0.1) is 0 Å². The normalized spacial score (nSPS) is 9.72. The van der Waals surface area contributed by atoms with Crippen LogP contribution < -0.4 is 9.47 Å². The summed E-state index contributed by atoms with van der Waals surface area (Å²) in [7, 11) is 1.45. The Morgan fingerprint density at radius 2 is 2.11 bits per heavy atom. The van der Waals surface area contributed by atoms with E-state index in [2.05, 4.69) is 15.9 Å². The third-order valence-corrected chi connectivity index (χ3v) is 2.75. The van der Waals surface area contributed by atoms with E-state index in [1.807, 2.05) is 0 Å². The van der Waals surface area contributed by atoms with Crippen LogP contribution in [0.3, 0.4) is 0 Å². The molecule has 1 aromatic rings. The number of ether oxygens (including phenoxy) is 3. The van der Waals surface area contributed by atoms with Gasteiger partial charge in [0.15, 0.2) is 24.4 Å². The second-order valence-corrected chi connectivity index (χ2v) is 4.09. The number of hydrogen-bond acceptors (Lipinski definition) is 5. The SMILES string of the molecule is CCOC(=O)COc1cc(Br)c(C=O)cc1OC. The van der Waals surface area contributed by atoms with E-state index in [0.717, 1.165) is 0 Å². The third-order valence-electron chi connectivity index (χ3n) is 2.06. The molecule has 0 amide bonds. The second-order valence-electron chi connectivity index (χ2n) is 3.24. The van der Waals surface area contributed by atoms with Gasteiger partial charge in [0.25, 0.3) is 0 Å². The summed E-state index contributed by atoms with van der Waals surface area (Å²) < 4.78 is 15.7. The monoisotopic (exact) mass is 316 g/mol. The van der Waals surface area contributed by atoms with Crippen molar-refractivity contribution >= 4 is 28.2 Å². The summed E-state index contributed by atoms with van der Waals surface area (Å²) in [5.74, 6) is 0.280. The molecule has 1 aromatic carbocycles. The van der Waals surface area contributed by atoms with Crippen molar-refractivity contribution in [1.82, 2.24) is 0 Å². The Kier molecular flexibility index (Phi) is 5.64. The number of methoxy groups -OCH3 is 1. The number of carbonyl (C=O) groups excluding carboxylic acids is 2. The van der Waals surface area contributed by atoms with Crippen molar-refractivity contribution in [3.05, 3.63) is 22.2 Å². The van der Waals surface area contributed by atoms with Crippen molar-refractivity contribution < 1.29 is 23.8 Å². The lowest BCUT2D eigenvalue weighted by Gasteiger charge is -2.11. The summed E-state index contributed by atoms with van der Waals surface area (Å²) >= 11 is 3.23. The van der Waals surface area contributed by atoms with Crippen LogP contribution in [0.5, 0.6) is 11.5 Å². The molecule has 0 aliphatic carbocycles. The molecular formula is C12H13BrO5. The standard InChI is InChI=1S/C12H13BrO5/c1-3-17-12(15)7-18-11-5-9(13)8(6-14)4-10(11)16-2/h4-6H,3,7H2,1-2H3. The van der Waals surface area contributed by atoms with Crippen LogP contribution in [-0.4, -0.2) is 32.6 Å². The van der Waals surface area contributed by atoms with Crippen molar-refractivity contribution in [2.75, 3.05) is 20.3 Å². The van der Waals surface area contributed by atoms with E-state index in [9.17, 15) is 9.59 Å². The largest absolute Gasteiger partial charge is 0.493 e. The molecule has 18 heavy (non-hydrogen) atoms. The van der Waals surface area contributed by atoms with E-state index in [1.165, 1.54) is 13.2 Å². The Bertz CT molecular complexity index is 444. The molecule has 0 saturated heterocycles. The average molecular weight is 317 g/mol. The zero-order valence-corrected chi connectivity index (χ0v) is 11.7. The van der Waals surface area contributed by atoms with E-state index in [4.69, 9.17) is 14.2 Å². The number of benzene rings is 1. The van der Waals surface area contributed by atoms with Crippen LogP contribution in [0.1, 0.15) is 17.3 Å². The van der Waals surface area contributed by atoms with Crippen molar-refractivity contribution in [3.8, 4) is 11.5 Å². The predicted octanol–water partition coefficient (Wildman–Crippen LogP) is 2.21. The van der Waals surface area contributed by atoms with E-state index in [0.29, 0.717) is 34.4 Å². The first-order chi connectivity index (χ1) is 8.62. The van der Waals surface area contributed by atoms with Crippen LogP contribution in [0.25, 0.3) is 0 Å². The maximum atomic E-state index is 11.2. The number of hydrogen-bond donors (Lipinski definition) is 0. The third kappa shape index (κ3) is 3.73. The number of carbonyl (C=O) groups is 2. The highest BCUT2D eigenvalue weighted by atomic mass is 79.9. The highest BCUT2D eigenvalue weighted by Crippen LogP contribution is 2.32. The molecule has 0 spiro atoms. The van der Waals surface area contributed by atoms with E-state index in [-0.39, 0.29) is 6.61 Å². The first-order valence-corrected chi connectivity index (χ1v) is 6.02. The van der Waals surface area contributed by atoms with Gasteiger partial charge in [-0.05, 0) is 35.0 Å². The van der Waals surface area contributed by atoms with Crippen LogP contribution in [0, 0.1) is 0 Å². The second kappa shape index (κ2) is 7.00. The van der Waals surface area contributed by atoms with Gasteiger partial charge in [-0.1, -0.05) is 0 Å². The number of esters is 1. The molecule has 0 unspecified atom stereocenters. The molecule has 0 saturated carbocycles. The highest BCUT2D eigenvalue weighted by Gasteiger charge is 2.11. The van der Waals surface area contributed by atoms with Gasteiger partial charge in [0, 0.05) is 10.0 Å². The molecule has 0 atom stereocenters. The lowest BCUT2D eigenvalue weighted by Crippen LogP contribution is -2.15. The fourth-order valence-corrected chi connectivity index (χ4v) is 1.67. The van der Waals surface area contributed by atoms with Gasteiger partial charge in [0.2, 0.25) is 0 Å². The maximum Gasteiger partial charge on any atom is 0.344 e. The summed E-state index contributed by atoms with van der Waals surface area (Å²) in [5.41, 5.74) is 0.440. The number of rotatable bonds is 6. The molecule has 6 heteroatoms. The van der Waals surface area contributed by atoms with Crippen LogP contribution in [0.15, 0.2) is 16.6 Å². The molecule has 98 valence electrons. The average Bonchev–Trinajstić information content (AvgIpc) is 2.36. The van der Waals surface area contributed by atoms with Gasteiger partial charge >= 0.3 is 5.97 Å². The molecule has 0 radical (unpaired) electrons. The van der Waals surface area contributed by atoms with Gasteiger partial charge in [0.05, 0.1) is 13.7 Å². The topological polar surface area (TPSA) is 61.8 Å². The summed E-state index contributed by atoms with van der Waals surface area (Å²) in [6.07, 6.45) is 0.696. The Morgan fingerprint density at radius 3 is 2.67 bits per heavy atom. The smallest absolute Gasteiger partial charge is 0.344 e. The summed E-state index contributed by atoms with van der Waals surface area (Å²) in [4.78, 5) is 21.9. The Balaban J connectivity index is 2.84. The lowest BCUT2D eigenvalue weighted by atomic mass is 10.2. The molecule has 1 rings (SSSR count). The van der Waals surface area contributed by atoms with Crippen molar-refractivity contribution in [3.63, 3.8) is 0 Å². The lowest BCUT2D eigenvalue weighted by molar-refractivity contribution is -0.145. The first kappa shape index (κ1) is 14.5. The quantitative estimate of drug-likeness (QED) is 0.595. The predicted molar refractivity (Wildman–Crippen MR) is 68.2 cm³/mol. The van der Waals surface area contributed by atoms with Crippen LogP contribution in [-0.2, 0) is 9.53 Å². The molecule has 0 aliphatic heterocycles. The van der Waals surface area contributed by atoms with Gasteiger partial charge in [0.1, 0.15) is 0 Å². The molecule has 0 fully saturated rings. The molecule has 0 aliphatic rings. The van der Waals surface area contributed by atoms with Gasteiger partial charge in [-0.2, -0.15) is 0 Å². The van der Waals surface area contributed by atoms with Crippen molar-refractivity contribution in [2.24, 2.45) is 0 Å². The van der Waals surface area contributed by atoms with Gasteiger partial charge < -0.3 is 14.2 Å². The summed E-state index contributed by atoms with van der Waals surface area (Å²) in [5, 5.41) is 0. The van der Waals surface area contributed by atoms with E-state index >= 15 is 0 Å². The van der Waals surface area contributed by atoms with E-state index in [1.54, 1.807) is 13.0 Å². The van der Waals surface area contributed by atoms with Crippen LogP contribution in [0.2, 0.25) is 0 Å². The minimum absolute atomic E-state index is 0.211. The van der Waals surface area contributed by atoms with Crippen molar-refractivity contribution in [1.29, 1.82) is 0 Å². The fourth-order valence-electron chi connectivity index (χ4n) is 1.25. The first-order valence-electron chi connectivity index (χ1n) is 5.23. The molecule has 0 heterocycles. The summed E-state index contributed by atoms with van der Waals surface area (Å²) in [6, 6.07) is 3.10. The Labute approximate surface area is 113 Å². The van der Waals surface area contributed by atoms with Crippen LogP contribution >= 0.6 is 15.9 Å². The highest BCUT2D eigenvalue weighted by molar-refractivity contribution is 9.10. The fraction of sp³-hybridized carbons (Fsp3) is 0.333. The molecule has 0 bridgehead atoms. The minimum Gasteiger partial charge on any atom is -0.493 e. The van der Waals surface area contributed by atoms with Gasteiger partial charge in [-0.3, -0.25) is 4.79 Å². The maximum absolute atomic E-state index is 11.2. The van der Waals surface area contributed by atoms with E-state index < -0.39 is 5.97 Å². The molecular weight excluding hydrogens is 304 g/mol. The Hall–Kier alpha value is -1.56. The number of aldehydes is 1. The molecule has 5 nitrogen and oxygen atoms in total. The molecule has 0 aromatic heterocycles. The number of halogens is 1.